The number of nitrogens with zero attached hydrogens (tertiary/aromatic N) is 2. The van der Waals surface area contributed by atoms with Crippen molar-refractivity contribution in [2.45, 2.75) is 31.6 Å². The van der Waals surface area contributed by atoms with Crippen molar-refractivity contribution in [3.63, 3.8) is 0 Å². The number of benzene rings is 2. The third kappa shape index (κ3) is 5.17. The maximum Gasteiger partial charge on any atom is 0.256 e. The second kappa shape index (κ2) is 9.28. The van der Waals surface area contributed by atoms with Crippen LogP contribution in [0.25, 0.3) is 0 Å². The van der Waals surface area contributed by atoms with E-state index in [0.29, 0.717) is 11.7 Å². The van der Waals surface area contributed by atoms with Crippen LogP contribution in [0.5, 0.6) is 0 Å². The Kier molecular flexibility index (Phi) is 6.30. The van der Waals surface area contributed by atoms with Crippen molar-refractivity contribution in [2.24, 2.45) is 0 Å². The Morgan fingerprint density at radius 1 is 1.17 bits per heavy atom. The Hall–Kier alpha value is -2.90. The number of fused-ring (bicyclic) bond motifs is 1. The van der Waals surface area contributed by atoms with Crippen LogP contribution in [0.1, 0.15) is 22.4 Å². The largest absolute Gasteiger partial charge is 0.325 e. The first-order valence-electron chi connectivity index (χ1n) is 9.94. The number of anilines is 1. The SMILES string of the molecule is Cc1ccc(NC(=O)CSc2nc3c(c(=O)[nH]2)CN(Cc2ccccc2)CC3)cc1. The van der Waals surface area contributed by atoms with Crippen molar-refractivity contribution in [2.75, 3.05) is 17.6 Å². The van der Waals surface area contributed by atoms with Gasteiger partial charge in [-0.2, -0.15) is 0 Å². The summed E-state index contributed by atoms with van der Waals surface area (Å²) in [4.78, 5) is 34.5. The first-order chi connectivity index (χ1) is 14.6. The molecule has 0 fully saturated rings. The van der Waals surface area contributed by atoms with Gasteiger partial charge in [0.1, 0.15) is 0 Å². The van der Waals surface area contributed by atoms with Gasteiger partial charge in [-0.25, -0.2) is 4.98 Å². The number of aromatic nitrogens is 2. The zero-order valence-corrected chi connectivity index (χ0v) is 17.7. The van der Waals surface area contributed by atoms with Gasteiger partial charge in [-0.15, -0.1) is 0 Å². The zero-order valence-electron chi connectivity index (χ0n) is 16.9. The molecule has 3 aromatic rings. The van der Waals surface area contributed by atoms with Crippen LogP contribution >= 0.6 is 11.8 Å². The number of carbonyl (C=O) groups is 1. The highest BCUT2D eigenvalue weighted by Gasteiger charge is 2.21. The van der Waals surface area contributed by atoms with Crippen molar-refractivity contribution in [3.05, 3.63) is 87.3 Å². The van der Waals surface area contributed by atoms with Crippen LogP contribution in [0.4, 0.5) is 5.69 Å². The van der Waals surface area contributed by atoms with Crippen LogP contribution in [-0.2, 0) is 24.3 Å². The summed E-state index contributed by atoms with van der Waals surface area (Å²) in [7, 11) is 0. The van der Waals surface area contributed by atoms with Crippen LogP contribution in [0.3, 0.4) is 0 Å². The molecule has 4 rings (SSSR count). The predicted octanol–water partition coefficient (Wildman–Crippen LogP) is 3.37. The first kappa shape index (κ1) is 20.4. The lowest BCUT2D eigenvalue weighted by Gasteiger charge is -2.27. The Labute approximate surface area is 179 Å². The molecule has 0 unspecified atom stereocenters. The standard InChI is InChI=1S/C23H24N4O2S/c1-16-7-9-18(10-8-16)24-21(28)15-30-23-25-20-11-12-27(14-19(20)22(29)26-23)13-17-5-3-2-4-6-17/h2-10H,11-15H2,1H3,(H,24,28)(H,25,26,29). The Bertz CT molecular complexity index is 1080. The maximum atomic E-state index is 12.6. The summed E-state index contributed by atoms with van der Waals surface area (Å²) in [5.41, 5.74) is 4.59. The van der Waals surface area contributed by atoms with E-state index >= 15 is 0 Å². The molecular formula is C23H24N4O2S. The lowest BCUT2D eigenvalue weighted by Crippen LogP contribution is -2.35. The van der Waals surface area contributed by atoms with Crippen LogP contribution in [-0.4, -0.2) is 33.1 Å². The van der Waals surface area contributed by atoms with Gasteiger partial charge in [0, 0.05) is 31.7 Å². The number of H-pyrrole nitrogens is 1. The van der Waals surface area contributed by atoms with Gasteiger partial charge in [-0.3, -0.25) is 14.5 Å². The van der Waals surface area contributed by atoms with Crippen molar-refractivity contribution in [1.82, 2.24) is 14.9 Å². The average molecular weight is 421 g/mol. The van der Waals surface area contributed by atoms with Gasteiger partial charge in [-0.1, -0.05) is 59.8 Å². The minimum absolute atomic E-state index is 0.112. The quantitative estimate of drug-likeness (QED) is 0.472. The third-order valence-electron chi connectivity index (χ3n) is 5.05. The summed E-state index contributed by atoms with van der Waals surface area (Å²) >= 11 is 1.25. The molecule has 7 heteroatoms. The second-order valence-corrected chi connectivity index (χ2v) is 8.41. The van der Waals surface area contributed by atoms with E-state index in [1.165, 1.54) is 17.3 Å². The molecule has 2 heterocycles. The molecule has 0 saturated carbocycles. The fraction of sp³-hybridized carbons (Fsp3) is 0.261. The molecule has 0 spiro atoms. The fourth-order valence-electron chi connectivity index (χ4n) is 3.47. The Morgan fingerprint density at radius 2 is 1.93 bits per heavy atom. The molecule has 1 aromatic heterocycles. The molecule has 0 saturated heterocycles. The number of nitrogens with one attached hydrogen (secondary N) is 2. The number of aromatic amines is 1. The molecule has 0 aliphatic carbocycles. The summed E-state index contributed by atoms with van der Waals surface area (Å²) in [5.74, 6) is 0.0636. The van der Waals surface area contributed by atoms with Crippen molar-refractivity contribution < 1.29 is 4.79 Å². The van der Waals surface area contributed by atoms with Gasteiger partial charge >= 0.3 is 0 Å². The number of thioether (sulfide) groups is 1. The normalized spacial score (nSPS) is 13.6. The number of aryl methyl sites for hydroxylation is 1. The fourth-order valence-corrected chi connectivity index (χ4v) is 4.15. The van der Waals surface area contributed by atoms with Gasteiger partial charge < -0.3 is 10.3 Å². The predicted molar refractivity (Wildman–Crippen MR) is 120 cm³/mol. The van der Waals surface area contributed by atoms with Crippen molar-refractivity contribution in [3.8, 4) is 0 Å². The maximum absolute atomic E-state index is 12.6. The minimum atomic E-state index is -0.127. The van der Waals surface area contributed by atoms with Crippen LogP contribution in [0.15, 0.2) is 64.5 Å². The molecule has 0 atom stereocenters. The monoisotopic (exact) mass is 420 g/mol. The molecule has 0 radical (unpaired) electrons. The lowest BCUT2D eigenvalue weighted by atomic mass is 10.1. The van der Waals surface area contributed by atoms with Gasteiger partial charge in [0.25, 0.3) is 5.56 Å². The van der Waals surface area contributed by atoms with E-state index in [1.54, 1.807) is 0 Å². The molecule has 1 aliphatic rings. The van der Waals surface area contributed by atoms with Crippen LogP contribution in [0.2, 0.25) is 0 Å². The second-order valence-electron chi connectivity index (χ2n) is 7.45. The topological polar surface area (TPSA) is 78.1 Å². The van der Waals surface area contributed by atoms with Crippen LogP contribution < -0.4 is 10.9 Å². The Morgan fingerprint density at radius 3 is 2.70 bits per heavy atom. The zero-order chi connectivity index (χ0) is 20.9. The smallest absolute Gasteiger partial charge is 0.256 e. The van der Waals surface area contributed by atoms with E-state index in [0.717, 1.165) is 42.0 Å². The highest BCUT2D eigenvalue weighted by molar-refractivity contribution is 7.99. The molecule has 2 aromatic carbocycles. The number of rotatable bonds is 6. The molecule has 2 N–H and O–H groups in total. The van der Waals surface area contributed by atoms with E-state index in [-0.39, 0.29) is 17.2 Å². The van der Waals surface area contributed by atoms with Crippen LogP contribution in [0, 0.1) is 6.92 Å². The van der Waals surface area contributed by atoms with Gasteiger partial charge in [0.2, 0.25) is 5.91 Å². The summed E-state index contributed by atoms with van der Waals surface area (Å²) in [6.45, 7) is 4.26. The van der Waals surface area contributed by atoms with E-state index in [1.807, 2.05) is 49.4 Å². The van der Waals surface area contributed by atoms with Crippen molar-refractivity contribution in [1.29, 1.82) is 0 Å². The molecule has 0 bridgehead atoms. The van der Waals surface area contributed by atoms with E-state index in [9.17, 15) is 9.59 Å². The first-order valence-corrected chi connectivity index (χ1v) is 10.9. The number of carbonyl (C=O) groups excluding carboxylic acids is 1. The molecule has 30 heavy (non-hydrogen) atoms. The summed E-state index contributed by atoms with van der Waals surface area (Å²) in [6, 6.07) is 17.9. The molecule has 1 aliphatic heterocycles. The minimum Gasteiger partial charge on any atom is -0.325 e. The average Bonchev–Trinajstić information content (AvgIpc) is 2.75. The summed E-state index contributed by atoms with van der Waals surface area (Å²) in [6.07, 6.45) is 0.731. The lowest BCUT2D eigenvalue weighted by molar-refractivity contribution is -0.113. The van der Waals surface area contributed by atoms with Gasteiger partial charge in [0.15, 0.2) is 5.16 Å². The summed E-state index contributed by atoms with van der Waals surface area (Å²) < 4.78 is 0. The molecular weight excluding hydrogens is 396 g/mol. The van der Waals surface area contributed by atoms with E-state index in [4.69, 9.17) is 0 Å². The third-order valence-corrected chi connectivity index (χ3v) is 5.92. The highest BCUT2D eigenvalue weighted by Crippen LogP contribution is 2.20. The van der Waals surface area contributed by atoms with Gasteiger partial charge in [-0.05, 0) is 24.6 Å². The highest BCUT2D eigenvalue weighted by atomic mass is 32.2. The number of amides is 1. The van der Waals surface area contributed by atoms with E-state index < -0.39 is 0 Å². The molecule has 154 valence electrons. The molecule has 1 amide bonds. The van der Waals surface area contributed by atoms with Gasteiger partial charge in [0.05, 0.1) is 17.0 Å². The van der Waals surface area contributed by atoms with Crippen molar-refractivity contribution >= 4 is 23.4 Å². The van der Waals surface area contributed by atoms with E-state index in [2.05, 4.69) is 32.3 Å². The molecule has 6 nitrogen and oxygen atoms in total. The summed E-state index contributed by atoms with van der Waals surface area (Å²) in [5, 5.41) is 3.35. The number of hydrogen-bond donors (Lipinski definition) is 2. The number of hydrogen-bond acceptors (Lipinski definition) is 5. The Balaban J connectivity index is 1.36.